The zero-order valence-electron chi connectivity index (χ0n) is 12.2. The molecule has 0 bridgehead atoms. The largest absolute Gasteiger partial charge is 0.298 e. The minimum atomic E-state index is -3.52. The lowest BCUT2D eigenvalue weighted by molar-refractivity contribution is 0.102. The van der Waals surface area contributed by atoms with Crippen molar-refractivity contribution in [3.05, 3.63) is 52.0 Å². The third kappa shape index (κ3) is 3.25. The predicted octanol–water partition coefficient (Wildman–Crippen LogP) is 4.26. The van der Waals surface area contributed by atoms with E-state index in [1.54, 1.807) is 24.3 Å². The highest BCUT2D eigenvalue weighted by Gasteiger charge is 2.19. The summed E-state index contributed by atoms with van der Waals surface area (Å²) in [6.45, 7) is 0. The number of sulfone groups is 1. The van der Waals surface area contributed by atoms with E-state index in [0.29, 0.717) is 20.7 Å². The number of thiazole rings is 1. The molecule has 1 heterocycles. The maximum atomic E-state index is 12.4. The Bertz CT molecular complexity index is 1060. The Balaban J connectivity index is 1.98. The number of nitrogens with one attached hydrogen (secondary N) is 1. The van der Waals surface area contributed by atoms with Crippen molar-refractivity contribution in [3.8, 4) is 0 Å². The van der Waals surface area contributed by atoms with E-state index in [4.69, 9.17) is 23.2 Å². The van der Waals surface area contributed by atoms with Crippen molar-refractivity contribution >= 4 is 65.6 Å². The van der Waals surface area contributed by atoms with Crippen LogP contribution in [0, 0.1) is 0 Å². The zero-order valence-corrected chi connectivity index (χ0v) is 15.4. The SMILES string of the molecule is CS(=O)(=O)c1ccccc1C(=O)Nc1nc2c(Cl)c(Cl)ccc2s1. The van der Waals surface area contributed by atoms with Gasteiger partial charge in [0.15, 0.2) is 15.0 Å². The van der Waals surface area contributed by atoms with Crippen molar-refractivity contribution in [2.24, 2.45) is 0 Å². The molecule has 0 spiro atoms. The van der Waals surface area contributed by atoms with E-state index >= 15 is 0 Å². The quantitative estimate of drug-likeness (QED) is 0.712. The molecule has 1 N–H and O–H groups in total. The van der Waals surface area contributed by atoms with Gasteiger partial charge in [0.1, 0.15) is 5.52 Å². The fourth-order valence-corrected chi connectivity index (χ4v) is 4.30. The number of amides is 1. The van der Waals surface area contributed by atoms with E-state index in [-0.39, 0.29) is 10.5 Å². The monoisotopic (exact) mass is 400 g/mol. The van der Waals surface area contributed by atoms with Gasteiger partial charge in [-0.1, -0.05) is 46.7 Å². The van der Waals surface area contributed by atoms with Crippen molar-refractivity contribution < 1.29 is 13.2 Å². The topological polar surface area (TPSA) is 76.1 Å². The molecular formula is C15H10Cl2N2O3S2. The highest BCUT2D eigenvalue weighted by Crippen LogP contribution is 2.35. The molecule has 3 aromatic rings. The van der Waals surface area contributed by atoms with Crippen LogP contribution >= 0.6 is 34.5 Å². The van der Waals surface area contributed by atoms with Crippen LogP contribution in [-0.4, -0.2) is 25.6 Å². The lowest BCUT2D eigenvalue weighted by atomic mass is 10.2. The molecule has 9 heteroatoms. The number of benzene rings is 2. The second kappa shape index (κ2) is 6.33. The van der Waals surface area contributed by atoms with Crippen molar-refractivity contribution in [3.63, 3.8) is 0 Å². The summed E-state index contributed by atoms with van der Waals surface area (Å²) in [5.41, 5.74) is 0.546. The lowest BCUT2D eigenvalue weighted by Crippen LogP contribution is -2.15. The second-order valence-corrected chi connectivity index (χ2v) is 8.75. The van der Waals surface area contributed by atoms with Crippen LogP contribution in [0.5, 0.6) is 0 Å². The molecule has 2 aromatic carbocycles. The Labute approximate surface area is 152 Å². The fourth-order valence-electron chi connectivity index (χ4n) is 2.13. The minimum absolute atomic E-state index is 0.0373. The molecule has 1 amide bonds. The first-order valence-corrected chi connectivity index (χ1v) is 10.1. The first kappa shape index (κ1) is 17.2. The first-order chi connectivity index (χ1) is 11.3. The van der Waals surface area contributed by atoms with Gasteiger partial charge < -0.3 is 0 Å². The Morgan fingerprint density at radius 1 is 1.17 bits per heavy atom. The highest BCUT2D eigenvalue weighted by atomic mass is 35.5. The maximum absolute atomic E-state index is 12.4. The molecule has 24 heavy (non-hydrogen) atoms. The van der Waals surface area contributed by atoms with Crippen molar-refractivity contribution in [1.29, 1.82) is 0 Å². The van der Waals surface area contributed by atoms with E-state index in [9.17, 15) is 13.2 Å². The van der Waals surface area contributed by atoms with E-state index in [1.807, 2.05) is 0 Å². The highest BCUT2D eigenvalue weighted by molar-refractivity contribution is 7.90. The molecule has 0 fully saturated rings. The third-order valence-electron chi connectivity index (χ3n) is 3.20. The van der Waals surface area contributed by atoms with Gasteiger partial charge >= 0.3 is 0 Å². The molecular weight excluding hydrogens is 391 g/mol. The molecule has 0 atom stereocenters. The summed E-state index contributed by atoms with van der Waals surface area (Å²) in [7, 11) is -3.52. The number of halogens is 2. The number of anilines is 1. The summed E-state index contributed by atoms with van der Waals surface area (Å²) < 4.78 is 24.4. The van der Waals surface area contributed by atoms with Crippen LogP contribution in [0.2, 0.25) is 10.0 Å². The normalized spacial score (nSPS) is 11.6. The number of carbonyl (C=O) groups is 1. The van der Waals surface area contributed by atoms with Crippen LogP contribution < -0.4 is 5.32 Å². The lowest BCUT2D eigenvalue weighted by Gasteiger charge is -2.06. The molecule has 124 valence electrons. The van der Waals surface area contributed by atoms with Crippen molar-refractivity contribution in [1.82, 2.24) is 4.98 Å². The van der Waals surface area contributed by atoms with Crippen LogP contribution in [-0.2, 0) is 9.84 Å². The number of aromatic nitrogens is 1. The van der Waals surface area contributed by atoms with Gasteiger partial charge in [-0.15, -0.1) is 0 Å². The number of rotatable bonds is 3. The number of hydrogen-bond donors (Lipinski definition) is 1. The van der Waals surface area contributed by atoms with Crippen LogP contribution in [0.3, 0.4) is 0 Å². The van der Waals surface area contributed by atoms with Crippen LogP contribution in [0.25, 0.3) is 10.2 Å². The van der Waals surface area contributed by atoms with Gasteiger partial charge in [-0.25, -0.2) is 13.4 Å². The van der Waals surface area contributed by atoms with Gasteiger partial charge in [0.2, 0.25) is 0 Å². The summed E-state index contributed by atoms with van der Waals surface area (Å²) >= 11 is 13.3. The third-order valence-corrected chi connectivity index (χ3v) is 6.09. The average Bonchev–Trinajstić information content (AvgIpc) is 2.93. The van der Waals surface area contributed by atoms with E-state index in [2.05, 4.69) is 10.3 Å². The van der Waals surface area contributed by atoms with Crippen LogP contribution in [0.1, 0.15) is 10.4 Å². The van der Waals surface area contributed by atoms with Gasteiger partial charge in [0.25, 0.3) is 5.91 Å². The number of carbonyl (C=O) groups excluding carboxylic acids is 1. The molecule has 5 nitrogen and oxygen atoms in total. The molecule has 0 aliphatic rings. The van der Waals surface area contributed by atoms with Crippen molar-refractivity contribution in [2.45, 2.75) is 4.90 Å². The summed E-state index contributed by atoms with van der Waals surface area (Å²) in [4.78, 5) is 16.7. The Morgan fingerprint density at radius 3 is 2.58 bits per heavy atom. The summed E-state index contributed by atoms with van der Waals surface area (Å²) in [6, 6.07) is 9.39. The molecule has 0 saturated heterocycles. The number of nitrogens with zero attached hydrogens (tertiary/aromatic N) is 1. The van der Waals surface area contributed by atoms with Gasteiger partial charge in [0, 0.05) is 6.26 Å². The summed E-state index contributed by atoms with van der Waals surface area (Å²) in [5, 5.41) is 3.59. The molecule has 0 aliphatic carbocycles. The van der Waals surface area contributed by atoms with Gasteiger partial charge in [-0.3, -0.25) is 10.1 Å². The molecule has 1 aromatic heterocycles. The predicted molar refractivity (Wildman–Crippen MR) is 97.1 cm³/mol. The Morgan fingerprint density at radius 2 is 1.88 bits per heavy atom. The van der Waals surface area contributed by atoms with E-state index in [0.717, 1.165) is 11.0 Å². The van der Waals surface area contributed by atoms with E-state index < -0.39 is 15.7 Å². The minimum Gasteiger partial charge on any atom is -0.298 e. The smallest absolute Gasteiger partial charge is 0.258 e. The van der Waals surface area contributed by atoms with E-state index in [1.165, 1.54) is 23.5 Å². The number of hydrogen-bond acceptors (Lipinski definition) is 5. The van der Waals surface area contributed by atoms with Crippen molar-refractivity contribution in [2.75, 3.05) is 11.6 Å². The summed E-state index contributed by atoms with van der Waals surface area (Å²) in [5.74, 6) is -0.558. The Hall–Kier alpha value is -1.67. The van der Waals surface area contributed by atoms with Crippen LogP contribution in [0.15, 0.2) is 41.3 Å². The Kier molecular flexibility index (Phi) is 4.52. The van der Waals surface area contributed by atoms with Gasteiger partial charge in [-0.05, 0) is 24.3 Å². The van der Waals surface area contributed by atoms with Gasteiger partial charge in [0.05, 0.1) is 25.2 Å². The first-order valence-electron chi connectivity index (χ1n) is 6.62. The second-order valence-electron chi connectivity index (χ2n) is 4.95. The molecule has 0 unspecified atom stereocenters. The molecule has 0 radical (unpaired) electrons. The molecule has 3 rings (SSSR count). The number of fused-ring (bicyclic) bond motifs is 1. The molecule has 0 saturated carbocycles. The standard InChI is InChI=1S/C15H10Cl2N2O3S2/c1-24(21,22)11-5-3-2-4-8(11)14(20)19-15-18-13-10(23-15)7-6-9(16)12(13)17/h2-7H,1H3,(H,18,19,20). The molecule has 0 aliphatic heterocycles. The fraction of sp³-hybridized carbons (Fsp3) is 0.0667. The summed E-state index contributed by atoms with van der Waals surface area (Å²) in [6.07, 6.45) is 1.05. The average molecular weight is 401 g/mol. The zero-order chi connectivity index (χ0) is 17.5. The van der Waals surface area contributed by atoms with Crippen LogP contribution in [0.4, 0.5) is 5.13 Å². The van der Waals surface area contributed by atoms with Gasteiger partial charge in [-0.2, -0.15) is 0 Å². The maximum Gasteiger partial charge on any atom is 0.258 e.